The molecule has 1 saturated carbocycles. The van der Waals surface area contributed by atoms with Crippen molar-refractivity contribution in [3.05, 3.63) is 24.3 Å². The van der Waals surface area contributed by atoms with Crippen LogP contribution in [0.5, 0.6) is 5.75 Å². The van der Waals surface area contributed by atoms with Gasteiger partial charge in [0.15, 0.2) is 0 Å². The summed E-state index contributed by atoms with van der Waals surface area (Å²) in [4.78, 5) is 26.3. The molecule has 2 fully saturated rings. The first-order valence-corrected chi connectivity index (χ1v) is 9.08. The van der Waals surface area contributed by atoms with E-state index >= 15 is 0 Å². The zero-order valence-corrected chi connectivity index (χ0v) is 15.0. The van der Waals surface area contributed by atoms with Gasteiger partial charge in [0.25, 0.3) is 0 Å². The van der Waals surface area contributed by atoms with Crippen LogP contribution < -0.4 is 20.3 Å². The van der Waals surface area contributed by atoms with Gasteiger partial charge >= 0.3 is 6.03 Å². The minimum atomic E-state index is -0.159. The fourth-order valence-corrected chi connectivity index (χ4v) is 3.74. The van der Waals surface area contributed by atoms with E-state index < -0.39 is 0 Å². The molecule has 1 aliphatic heterocycles. The molecular formula is C19H27N3O3. The molecule has 1 aromatic rings. The van der Waals surface area contributed by atoms with E-state index in [9.17, 15) is 9.59 Å². The highest BCUT2D eigenvalue weighted by Gasteiger charge is 2.32. The van der Waals surface area contributed by atoms with Crippen LogP contribution in [0.25, 0.3) is 0 Å². The van der Waals surface area contributed by atoms with Crippen LogP contribution in [0.1, 0.15) is 39.0 Å². The summed E-state index contributed by atoms with van der Waals surface area (Å²) in [5.74, 6) is 1.30. The zero-order chi connectivity index (χ0) is 17.8. The molecule has 2 aliphatic rings. The fraction of sp³-hybridized carbons (Fsp3) is 0.579. The Bertz CT molecular complexity index is 617. The molecule has 6 heteroatoms. The topological polar surface area (TPSA) is 70.7 Å². The molecule has 1 heterocycles. The van der Waals surface area contributed by atoms with Gasteiger partial charge in [-0.25, -0.2) is 4.79 Å². The normalized spacial score (nSPS) is 26.4. The van der Waals surface area contributed by atoms with Crippen molar-refractivity contribution in [2.45, 2.75) is 51.1 Å². The highest BCUT2D eigenvalue weighted by atomic mass is 16.5. The molecule has 1 aliphatic carbocycles. The molecule has 1 saturated heterocycles. The number of carbonyl (C=O) groups is 2. The van der Waals surface area contributed by atoms with Gasteiger partial charge in [-0.15, -0.1) is 0 Å². The molecule has 3 amide bonds. The van der Waals surface area contributed by atoms with Crippen molar-refractivity contribution >= 4 is 17.6 Å². The van der Waals surface area contributed by atoms with Gasteiger partial charge < -0.3 is 20.3 Å². The third-order valence-corrected chi connectivity index (χ3v) is 5.27. The first-order valence-electron chi connectivity index (χ1n) is 9.08. The number of carbonyl (C=O) groups excluding carboxylic acids is 2. The van der Waals surface area contributed by atoms with E-state index in [4.69, 9.17) is 4.74 Å². The van der Waals surface area contributed by atoms with Crippen molar-refractivity contribution in [2.75, 3.05) is 18.6 Å². The predicted molar refractivity (Wildman–Crippen MR) is 96.8 cm³/mol. The van der Waals surface area contributed by atoms with Gasteiger partial charge in [-0.3, -0.25) is 4.79 Å². The lowest BCUT2D eigenvalue weighted by molar-refractivity contribution is -0.117. The lowest BCUT2D eigenvalue weighted by Gasteiger charge is -2.30. The number of anilines is 1. The number of rotatable bonds is 4. The quantitative estimate of drug-likeness (QED) is 0.881. The predicted octanol–water partition coefficient (Wildman–Crippen LogP) is 2.68. The van der Waals surface area contributed by atoms with Gasteiger partial charge in [0.1, 0.15) is 5.75 Å². The minimum absolute atomic E-state index is 0.0292. The highest BCUT2D eigenvalue weighted by molar-refractivity contribution is 5.96. The first kappa shape index (κ1) is 17.6. The van der Waals surface area contributed by atoms with Gasteiger partial charge in [0.2, 0.25) is 5.91 Å². The molecule has 3 rings (SSSR count). The van der Waals surface area contributed by atoms with Crippen LogP contribution in [0, 0.1) is 5.92 Å². The van der Waals surface area contributed by atoms with Gasteiger partial charge in [0, 0.05) is 24.7 Å². The molecule has 0 radical (unpaired) electrons. The van der Waals surface area contributed by atoms with Crippen LogP contribution in [0.3, 0.4) is 0 Å². The van der Waals surface area contributed by atoms with Gasteiger partial charge in [0.05, 0.1) is 13.2 Å². The van der Waals surface area contributed by atoms with Crippen LogP contribution in [-0.4, -0.2) is 37.7 Å². The van der Waals surface area contributed by atoms with Gasteiger partial charge in [-0.2, -0.15) is 0 Å². The van der Waals surface area contributed by atoms with E-state index in [-0.39, 0.29) is 24.0 Å². The second-order valence-corrected chi connectivity index (χ2v) is 7.09. The number of ether oxygens (including phenoxy) is 1. The molecule has 0 bridgehead atoms. The Balaban J connectivity index is 1.54. The van der Waals surface area contributed by atoms with Crippen molar-refractivity contribution in [1.29, 1.82) is 0 Å². The standard InChI is InChI=1S/C19H27N3O3/c1-13-5-3-4-6-17(13)21-19(24)20-14-11-18(23)22(12-14)15-7-9-16(25-2)10-8-15/h7-10,13-14,17H,3-6,11-12H2,1-2H3,(H2,20,21,24)/t13-,14+,17-/m0/s1. The van der Waals surface area contributed by atoms with E-state index in [0.29, 0.717) is 18.9 Å². The second kappa shape index (κ2) is 7.76. The second-order valence-electron chi connectivity index (χ2n) is 7.09. The maximum atomic E-state index is 12.3. The third-order valence-electron chi connectivity index (χ3n) is 5.27. The zero-order valence-electron chi connectivity index (χ0n) is 15.0. The average molecular weight is 345 g/mol. The molecule has 136 valence electrons. The molecule has 2 N–H and O–H groups in total. The van der Waals surface area contributed by atoms with Crippen molar-refractivity contribution in [3.8, 4) is 5.75 Å². The number of nitrogens with one attached hydrogen (secondary N) is 2. The van der Waals surface area contributed by atoms with E-state index in [2.05, 4.69) is 17.6 Å². The Morgan fingerprint density at radius 1 is 1.16 bits per heavy atom. The lowest BCUT2D eigenvalue weighted by atomic mass is 9.86. The molecule has 25 heavy (non-hydrogen) atoms. The van der Waals surface area contributed by atoms with E-state index in [1.807, 2.05) is 24.3 Å². The van der Waals surface area contributed by atoms with Crippen LogP contribution in [0.2, 0.25) is 0 Å². The van der Waals surface area contributed by atoms with Crippen LogP contribution >= 0.6 is 0 Å². The molecular weight excluding hydrogens is 318 g/mol. The maximum Gasteiger partial charge on any atom is 0.315 e. The SMILES string of the molecule is COc1ccc(N2C[C@H](NC(=O)N[C@H]3CCCC[C@@H]3C)CC2=O)cc1. The Kier molecular flexibility index (Phi) is 5.46. The number of hydrogen-bond donors (Lipinski definition) is 2. The largest absolute Gasteiger partial charge is 0.497 e. The molecule has 6 nitrogen and oxygen atoms in total. The van der Waals surface area contributed by atoms with Crippen LogP contribution in [-0.2, 0) is 4.79 Å². The number of urea groups is 1. The minimum Gasteiger partial charge on any atom is -0.497 e. The van der Waals surface area contributed by atoms with E-state index in [1.165, 1.54) is 12.8 Å². The Morgan fingerprint density at radius 3 is 2.56 bits per heavy atom. The monoisotopic (exact) mass is 345 g/mol. The summed E-state index contributed by atoms with van der Waals surface area (Å²) in [6, 6.07) is 7.32. The molecule has 0 unspecified atom stereocenters. The van der Waals surface area contributed by atoms with Crippen LogP contribution in [0.4, 0.5) is 10.5 Å². The summed E-state index contributed by atoms with van der Waals surface area (Å²) in [7, 11) is 1.61. The smallest absolute Gasteiger partial charge is 0.315 e. The molecule has 0 spiro atoms. The molecule has 0 aromatic heterocycles. The average Bonchev–Trinajstić information content (AvgIpc) is 2.97. The van der Waals surface area contributed by atoms with Gasteiger partial charge in [-0.1, -0.05) is 19.8 Å². The number of benzene rings is 1. The van der Waals surface area contributed by atoms with E-state index in [0.717, 1.165) is 24.3 Å². The van der Waals surface area contributed by atoms with Crippen LogP contribution in [0.15, 0.2) is 24.3 Å². The fourth-order valence-electron chi connectivity index (χ4n) is 3.74. The molecule has 1 aromatic carbocycles. The van der Waals surface area contributed by atoms with E-state index in [1.54, 1.807) is 12.0 Å². The van der Waals surface area contributed by atoms with Crippen molar-refractivity contribution in [2.24, 2.45) is 5.92 Å². The molecule has 3 atom stereocenters. The Hall–Kier alpha value is -2.24. The summed E-state index contributed by atoms with van der Waals surface area (Å²) in [6.07, 6.45) is 4.95. The first-order chi connectivity index (χ1) is 12.1. The summed E-state index contributed by atoms with van der Waals surface area (Å²) in [5.41, 5.74) is 0.830. The number of amides is 3. The highest BCUT2D eigenvalue weighted by Crippen LogP contribution is 2.25. The summed E-state index contributed by atoms with van der Waals surface area (Å²) in [5, 5.41) is 6.05. The summed E-state index contributed by atoms with van der Waals surface area (Å²) >= 11 is 0. The Labute approximate surface area is 148 Å². The number of hydrogen-bond acceptors (Lipinski definition) is 3. The number of methoxy groups -OCH3 is 1. The third kappa shape index (κ3) is 4.24. The van der Waals surface area contributed by atoms with Crippen molar-refractivity contribution < 1.29 is 14.3 Å². The van der Waals surface area contributed by atoms with Crippen molar-refractivity contribution in [1.82, 2.24) is 10.6 Å². The number of nitrogens with zero attached hydrogens (tertiary/aromatic N) is 1. The lowest BCUT2D eigenvalue weighted by Crippen LogP contribution is -2.49. The van der Waals surface area contributed by atoms with Crippen molar-refractivity contribution in [3.63, 3.8) is 0 Å². The summed E-state index contributed by atoms with van der Waals surface area (Å²) in [6.45, 7) is 2.69. The maximum absolute atomic E-state index is 12.3. The summed E-state index contributed by atoms with van der Waals surface area (Å²) < 4.78 is 5.14. The Morgan fingerprint density at radius 2 is 1.88 bits per heavy atom. The van der Waals surface area contributed by atoms with Gasteiger partial charge in [-0.05, 0) is 43.0 Å².